The number of amides is 1. The van der Waals surface area contributed by atoms with Gasteiger partial charge in [0, 0.05) is 11.3 Å². The van der Waals surface area contributed by atoms with E-state index in [0.29, 0.717) is 5.92 Å². The summed E-state index contributed by atoms with van der Waals surface area (Å²) >= 11 is 1.48. The quantitative estimate of drug-likeness (QED) is 0.709. The Labute approximate surface area is 157 Å². The van der Waals surface area contributed by atoms with Gasteiger partial charge in [-0.2, -0.15) is 0 Å². The fraction of sp³-hybridized carbons (Fsp3) is 0.381. The van der Waals surface area contributed by atoms with E-state index >= 15 is 0 Å². The molecule has 1 atom stereocenters. The highest BCUT2D eigenvalue weighted by molar-refractivity contribution is 7.20. The van der Waals surface area contributed by atoms with E-state index < -0.39 is 0 Å². The summed E-state index contributed by atoms with van der Waals surface area (Å²) in [5.41, 5.74) is 4.30. The molecule has 2 aromatic heterocycles. The minimum absolute atomic E-state index is 0.0337. The smallest absolute Gasteiger partial charge is 0.262 e. The SMILES string of the molecule is Cc1ccccc1C(C)NC(=O)c1sc2nc(C3CC3)nc(C)c2c1C. The van der Waals surface area contributed by atoms with Gasteiger partial charge in [-0.1, -0.05) is 24.3 Å². The Kier molecular flexibility index (Phi) is 4.27. The molecule has 26 heavy (non-hydrogen) atoms. The number of hydrogen-bond donors (Lipinski definition) is 1. The largest absolute Gasteiger partial charge is 0.345 e. The lowest BCUT2D eigenvalue weighted by Gasteiger charge is -2.16. The third kappa shape index (κ3) is 3.01. The second-order valence-electron chi connectivity index (χ2n) is 7.23. The topological polar surface area (TPSA) is 54.9 Å². The molecule has 1 unspecified atom stereocenters. The van der Waals surface area contributed by atoms with Gasteiger partial charge in [0.25, 0.3) is 5.91 Å². The molecule has 2 heterocycles. The summed E-state index contributed by atoms with van der Waals surface area (Å²) in [5.74, 6) is 1.42. The van der Waals surface area contributed by atoms with Crippen molar-refractivity contribution < 1.29 is 4.79 Å². The van der Waals surface area contributed by atoms with Crippen molar-refractivity contribution in [2.45, 2.75) is 52.5 Å². The van der Waals surface area contributed by atoms with E-state index in [-0.39, 0.29) is 11.9 Å². The van der Waals surface area contributed by atoms with E-state index in [1.54, 1.807) is 0 Å². The molecule has 1 saturated carbocycles. The zero-order valence-electron chi connectivity index (χ0n) is 15.6. The monoisotopic (exact) mass is 365 g/mol. The molecule has 0 radical (unpaired) electrons. The van der Waals surface area contributed by atoms with Crippen molar-refractivity contribution in [2.24, 2.45) is 0 Å². The number of rotatable bonds is 4. The van der Waals surface area contributed by atoms with Crippen molar-refractivity contribution in [1.82, 2.24) is 15.3 Å². The predicted molar refractivity (Wildman–Crippen MR) is 106 cm³/mol. The lowest BCUT2D eigenvalue weighted by atomic mass is 10.0. The number of aryl methyl sites for hydroxylation is 3. The van der Waals surface area contributed by atoms with Crippen molar-refractivity contribution in [3.05, 3.63) is 57.4 Å². The summed E-state index contributed by atoms with van der Waals surface area (Å²) in [6.07, 6.45) is 2.35. The summed E-state index contributed by atoms with van der Waals surface area (Å²) in [4.78, 5) is 24.0. The average Bonchev–Trinajstić information content (AvgIpc) is 3.39. The molecule has 1 aromatic carbocycles. The highest BCUT2D eigenvalue weighted by atomic mass is 32.1. The van der Waals surface area contributed by atoms with E-state index in [1.807, 2.05) is 32.9 Å². The highest BCUT2D eigenvalue weighted by Crippen LogP contribution is 2.40. The van der Waals surface area contributed by atoms with E-state index in [0.717, 1.165) is 37.7 Å². The summed E-state index contributed by atoms with van der Waals surface area (Å²) < 4.78 is 0. The Bertz CT molecular complexity index is 1000. The fourth-order valence-corrected chi connectivity index (χ4v) is 4.66. The first-order valence-corrected chi connectivity index (χ1v) is 9.91. The summed E-state index contributed by atoms with van der Waals surface area (Å²) in [5, 5.41) is 4.18. The number of nitrogens with zero attached hydrogens (tertiary/aromatic N) is 2. The molecule has 1 fully saturated rings. The van der Waals surface area contributed by atoms with E-state index in [4.69, 9.17) is 4.98 Å². The average molecular weight is 366 g/mol. The predicted octanol–water partition coefficient (Wildman–Crippen LogP) is 4.98. The van der Waals surface area contributed by atoms with Gasteiger partial charge in [-0.05, 0) is 57.2 Å². The minimum Gasteiger partial charge on any atom is -0.345 e. The standard InChI is InChI=1S/C21H23N3OS/c1-11-7-5-6-8-16(11)13(3)23-20(25)18-12(2)17-14(4)22-19(15-9-10-15)24-21(17)26-18/h5-8,13,15H,9-10H2,1-4H3,(H,23,25). The Morgan fingerprint density at radius 1 is 1.19 bits per heavy atom. The van der Waals surface area contributed by atoms with Crippen molar-refractivity contribution >= 4 is 27.5 Å². The van der Waals surface area contributed by atoms with Gasteiger partial charge in [-0.3, -0.25) is 4.79 Å². The van der Waals surface area contributed by atoms with E-state index in [9.17, 15) is 4.79 Å². The molecule has 4 rings (SSSR count). The second-order valence-corrected chi connectivity index (χ2v) is 8.23. The lowest BCUT2D eigenvalue weighted by molar-refractivity contribution is 0.0943. The molecule has 0 spiro atoms. The molecule has 0 aliphatic heterocycles. The Morgan fingerprint density at radius 2 is 1.92 bits per heavy atom. The lowest BCUT2D eigenvalue weighted by Crippen LogP contribution is -2.26. The molecule has 0 saturated heterocycles. The van der Waals surface area contributed by atoms with Crippen LogP contribution in [-0.2, 0) is 0 Å². The van der Waals surface area contributed by atoms with Crippen LogP contribution in [0.25, 0.3) is 10.2 Å². The molecular formula is C21H23N3OS. The molecule has 1 aliphatic carbocycles. The number of hydrogen-bond acceptors (Lipinski definition) is 4. The van der Waals surface area contributed by atoms with Gasteiger partial charge >= 0.3 is 0 Å². The van der Waals surface area contributed by atoms with Gasteiger partial charge in [-0.25, -0.2) is 9.97 Å². The second kappa shape index (κ2) is 6.47. The molecule has 0 bridgehead atoms. The summed E-state index contributed by atoms with van der Waals surface area (Å²) in [6, 6.07) is 8.12. The number of fused-ring (bicyclic) bond motifs is 1. The van der Waals surface area contributed by atoms with Crippen LogP contribution in [0.2, 0.25) is 0 Å². The maximum atomic E-state index is 12.9. The molecule has 3 aromatic rings. The van der Waals surface area contributed by atoms with Gasteiger partial charge in [-0.15, -0.1) is 11.3 Å². The van der Waals surface area contributed by atoms with E-state index in [2.05, 4.69) is 29.4 Å². The van der Waals surface area contributed by atoms with E-state index in [1.165, 1.54) is 29.7 Å². The number of carbonyl (C=O) groups excluding carboxylic acids is 1. The van der Waals surface area contributed by atoms with Crippen LogP contribution in [-0.4, -0.2) is 15.9 Å². The minimum atomic E-state index is -0.0393. The molecule has 5 heteroatoms. The normalized spacial score (nSPS) is 15.2. The van der Waals surface area contributed by atoms with Gasteiger partial charge in [0.15, 0.2) is 0 Å². The van der Waals surface area contributed by atoms with Crippen LogP contribution in [0.5, 0.6) is 0 Å². The van der Waals surface area contributed by atoms with Crippen LogP contribution in [0, 0.1) is 20.8 Å². The maximum absolute atomic E-state index is 12.9. The third-order valence-electron chi connectivity index (χ3n) is 5.14. The van der Waals surface area contributed by atoms with Crippen molar-refractivity contribution in [1.29, 1.82) is 0 Å². The summed E-state index contributed by atoms with van der Waals surface area (Å²) in [7, 11) is 0. The molecule has 1 aliphatic rings. The van der Waals surface area contributed by atoms with Crippen molar-refractivity contribution in [3.8, 4) is 0 Å². The number of benzene rings is 1. The van der Waals surface area contributed by atoms with Crippen molar-refractivity contribution in [2.75, 3.05) is 0 Å². The number of carbonyl (C=O) groups is 1. The van der Waals surface area contributed by atoms with Gasteiger partial charge in [0.2, 0.25) is 0 Å². The number of nitrogens with one attached hydrogen (secondary N) is 1. The Balaban J connectivity index is 1.65. The Hall–Kier alpha value is -2.27. The maximum Gasteiger partial charge on any atom is 0.262 e. The van der Waals surface area contributed by atoms with Gasteiger partial charge < -0.3 is 5.32 Å². The van der Waals surface area contributed by atoms with Crippen LogP contribution < -0.4 is 5.32 Å². The number of aromatic nitrogens is 2. The molecule has 134 valence electrons. The van der Waals surface area contributed by atoms with Crippen LogP contribution >= 0.6 is 11.3 Å². The molecule has 1 amide bonds. The van der Waals surface area contributed by atoms with Crippen LogP contribution in [0.15, 0.2) is 24.3 Å². The first kappa shape index (κ1) is 17.2. The molecule has 1 N–H and O–H groups in total. The zero-order chi connectivity index (χ0) is 18.4. The van der Waals surface area contributed by atoms with Crippen LogP contribution in [0.1, 0.15) is 69.6 Å². The molecular weight excluding hydrogens is 342 g/mol. The third-order valence-corrected chi connectivity index (χ3v) is 6.32. The first-order chi connectivity index (χ1) is 12.5. The fourth-order valence-electron chi connectivity index (χ4n) is 3.51. The van der Waals surface area contributed by atoms with Crippen LogP contribution in [0.3, 0.4) is 0 Å². The van der Waals surface area contributed by atoms with Gasteiger partial charge in [0.05, 0.1) is 16.6 Å². The first-order valence-electron chi connectivity index (χ1n) is 9.09. The van der Waals surface area contributed by atoms with Crippen LogP contribution in [0.4, 0.5) is 0 Å². The van der Waals surface area contributed by atoms with Gasteiger partial charge in [0.1, 0.15) is 10.7 Å². The Morgan fingerprint density at radius 3 is 2.62 bits per heavy atom. The van der Waals surface area contributed by atoms with Crippen molar-refractivity contribution in [3.63, 3.8) is 0 Å². The zero-order valence-corrected chi connectivity index (χ0v) is 16.4. The molecule has 4 nitrogen and oxygen atoms in total. The number of thiophene rings is 1. The highest BCUT2D eigenvalue weighted by Gasteiger charge is 2.28. The summed E-state index contributed by atoms with van der Waals surface area (Å²) in [6.45, 7) is 8.12.